The molecule has 174 valence electrons. The molecular formula is C15H10ClF13O. The lowest BCUT2D eigenvalue weighted by molar-refractivity contribution is -0.440. The third-order valence-corrected chi connectivity index (χ3v) is 4.22. The molecule has 0 aromatic heterocycles. The zero-order valence-corrected chi connectivity index (χ0v) is 15.0. The second-order valence-corrected chi connectivity index (χ2v) is 6.42. The Morgan fingerprint density at radius 3 is 1.47 bits per heavy atom. The lowest BCUT2D eigenvalue weighted by atomic mass is 9.90. The monoisotopic (exact) mass is 488 g/mol. The van der Waals surface area contributed by atoms with Gasteiger partial charge >= 0.3 is 35.8 Å². The Morgan fingerprint density at radius 1 is 0.700 bits per heavy atom. The van der Waals surface area contributed by atoms with Crippen molar-refractivity contribution in [2.75, 3.05) is 7.11 Å². The van der Waals surface area contributed by atoms with Gasteiger partial charge in [-0.1, -0.05) is 23.7 Å². The van der Waals surface area contributed by atoms with Gasteiger partial charge in [-0.05, 0) is 17.7 Å². The zero-order valence-electron chi connectivity index (χ0n) is 14.3. The second-order valence-electron chi connectivity index (χ2n) is 5.98. The van der Waals surface area contributed by atoms with Gasteiger partial charge in [0.25, 0.3) is 0 Å². The number of ether oxygens (including phenoxy) is 1. The lowest BCUT2D eigenvalue weighted by Gasteiger charge is -2.40. The summed E-state index contributed by atoms with van der Waals surface area (Å²) in [5.74, 6) is -37.1. The molecule has 0 aliphatic rings. The van der Waals surface area contributed by atoms with Gasteiger partial charge in [0.05, 0.1) is 6.10 Å². The van der Waals surface area contributed by atoms with Crippen LogP contribution in [0.5, 0.6) is 0 Å². The fourth-order valence-electron chi connectivity index (χ4n) is 2.18. The van der Waals surface area contributed by atoms with Crippen LogP contribution in [0.3, 0.4) is 0 Å². The van der Waals surface area contributed by atoms with E-state index < -0.39 is 48.3 Å². The smallest absolute Gasteiger partial charge is 0.377 e. The van der Waals surface area contributed by atoms with Gasteiger partial charge < -0.3 is 4.74 Å². The molecule has 15 heteroatoms. The standard InChI is InChI=1S/C15H10ClF13O/c1-30-9(7-2-4-8(16)5-3-7)6-10(17,18)11(19,20)12(21,22)13(23,24)14(25,26)15(27,28)29/h2-5,9H,6H2,1H3. The van der Waals surface area contributed by atoms with Crippen LogP contribution in [-0.2, 0) is 4.74 Å². The molecule has 1 aromatic carbocycles. The highest BCUT2D eigenvalue weighted by Gasteiger charge is 2.90. The molecule has 30 heavy (non-hydrogen) atoms. The highest BCUT2D eigenvalue weighted by molar-refractivity contribution is 6.30. The van der Waals surface area contributed by atoms with E-state index in [4.69, 9.17) is 11.6 Å². The van der Waals surface area contributed by atoms with Crippen molar-refractivity contribution in [2.45, 2.75) is 48.3 Å². The van der Waals surface area contributed by atoms with Crippen molar-refractivity contribution in [1.82, 2.24) is 0 Å². The number of rotatable bonds is 8. The molecule has 1 aromatic rings. The van der Waals surface area contributed by atoms with Gasteiger partial charge in [-0.15, -0.1) is 0 Å². The Labute approximate surface area is 164 Å². The summed E-state index contributed by atoms with van der Waals surface area (Å²) in [7, 11) is 0.637. The van der Waals surface area contributed by atoms with Gasteiger partial charge in [-0.25, -0.2) is 0 Å². The fraction of sp³-hybridized carbons (Fsp3) is 0.600. The molecule has 0 saturated carbocycles. The van der Waals surface area contributed by atoms with Crippen molar-refractivity contribution >= 4 is 11.6 Å². The predicted molar refractivity (Wildman–Crippen MR) is 76.6 cm³/mol. The van der Waals surface area contributed by atoms with Crippen LogP contribution in [0, 0.1) is 0 Å². The molecule has 0 spiro atoms. The Bertz CT molecular complexity index is 727. The maximum absolute atomic E-state index is 13.9. The van der Waals surface area contributed by atoms with E-state index in [-0.39, 0.29) is 10.6 Å². The average Bonchev–Trinajstić information content (AvgIpc) is 2.58. The second kappa shape index (κ2) is 7.92. The summed E-state index contributed by atoms with van der Waals surface area (Å²) in [6.45, 7) is 0. The van der Waals surface area contributed by atoms with E-state index in [0.29, 0.717) is 7.11 Å². The first-order valence-electron chi connectivity index (χ1n) is 7.41. The van der Waals surface area contributed by atoms with Crippen LogP contribution in [-0.4, -0.2) is 42.9 Å². The quantitative estimate of drug-likeness (QED) is 0.353. The molecule has 1 rings (SSSR count). The molecule has 1 unspecified atom stereocenters. The third-order valence-electron chi connectivity index (χ3n) is 3.97. The van der Waals surface area contributed by atoms with E-state index in [1.165, 1.54) is 0 Å². The molecule has 0 amide bonds. The van der Waals surface area contributed by atoms with Gasteiger partial charge in [-0.3, -0.25) is 0 Å². The van der Waals surface area contributed by atoms with E-state index in [9.17, 15) is 57.1 Å². The average molecular weight is 489 g/mol. The maximum atomic E-state index is 13.9. The van der Waals surface area contributed by atoms with Crippen molar-refractivity contribution in [2.24, 2.45) is 0 Å². The summed E-state index contributed by atoms with van der Waals surface area (Å²) < 4.78 is 175. The van der Waals surface area contributed by atoms with E-state index in [2.05, 4.69) is 4.74 Å². The number of methoxy groups -OCH3 is 1. The van der Waals surface area contributed by atoms with E-state index in [1.807, 2.05) is 0 Å². The molecule has 0 radical (unpaired) electrons. The summed E-state index contributed by atoms with van der Waals surface area (Å²) in [4.78, 5) is 0. The summed E-state index contributed by atoms with van der Waals surface area (Å²) in [6, 6.07) is 3.89. The van der Waals surface area contributed by atoms with Crippen LogP contribution in [0.2, 0.25) is 5.02 Å². The van der Waals surface area contributed by atoms with Gasteiger partial charge in [0.15, 0.2) is 0 Å². The summed E-state index contributed by atoms with van der Waals surface area (Å²) in [5.41, 5.74) is -0.381. The number of alkyl halides is 13. The minimum absolute atomic E-state index is 0.0197. The molecule has 0 aliphatic heterocycles. The molecule has 0 aliphatic carbocycles. The number of hydrogen-bond donors (Lipinski definition) is 0. The molecule has 1 atom stereocenters. The highest BCUT2D eigenvalue weighted by atomic mass is 35.5. The first-order valence-corrected chi connectivity index (χ1v) is 7.79. The van der Waals surface area contributed by atoms with E-state index >= 15 is 0 Å². The van der Waals surface area contributed by atoms with Crippen LogP contribution in [0.25, 0.3) is 0 Å². The normalized spacial score (nSPS) is 16.0. The van der Waals surface area contributed by atoms with Crippen molar-refractivity contribution in [1.29, 1.82) is 0 Å². The van der Waals surface area contributed by atoms with Crippen molar-refractivity contribution in [3.8, 4) is 0 Å². The fourth-order valence-corrected chi connectivity index (χ4v) is 2.30. The zero-order chi connectivity index (χ0) is 24.0. The highest BCUT2D eigenvalue weighted by Crippen LogP contribution is 2.61. The Morgan fingerprint density at radius 2 is 1.10 bits per heavy atom. The van der Waals surface area contributed by atoms with Gasteiger partial charge in [-0.2, -0.15) is 57.1 Å². The van der Waals surface area contributed by atoms with Crippen molar-refractivity contribution in [3.05, 3.63) is 34.9 Å². The Balaban J connectivity index is 3.38. The minimum atomic E-state index is -7.92. The van der Waals surface area contributed by atoms with Gasteiger partial charge in [0.1, 0.15) is 0 Å². The number of benzene rings is 1. The molecular weight excluding hydrogens is 479 g/mol. The molecule has 0 fully saturated rings. The summed E-state index contributed by atoms with van der Waals surface area (Å²) >= 11 is 5.50. The van der Waals surface area contributed by atoms with Crippen LogP contribution < -0.4 is 0 Å². The van der Waals surface area contributed by atoms with Crippen LogP contribution in [0.4, 0.5) is 57.1 Å². The van der Waals surface area contributed by atoms with Crippen molar-refractivity contribution in [3.63, 3.8) is 0 Å². The van der Waals surface area contributed by atoms with Gasteiger partial charge in [0.2, 0.25) is 0 Å². The number of halogens is 14. The first kappa shape index (κ1) is 26.6. The Hall–Kier alpha value is -1.44. The lowest BCUT2D eigenvalue weighted by Crippen LogP contribution is -2.70. The largest absolute Gasteiger partial charge is 0.460 e. The Kier molecular flexibility index (Phi) is 7.02. The third kappa shape index (κ3) is 4.16. The molecule has 0 bridgehead atoms. The van der Waals surface area contributed by atoms with E-state index in [1.54, 1.807) is 0 Å². The topological polar surface area (TPSA) is 9.23 Å². The first-order chi connectivity index (χ1) is 13.2. The minimum Gasteiger partial charge on any atom is -0.377 e. The van der Waals surface area contributed by atoms with Crippen molar-refractivity contribution < 1.29 is 61.8 Å². The molecule has 0 N–H and O–H groups in total. The van der Waals surface area contributed by atoms with Crippen LogP contribution >= 0.6 is 11.6 Å². The summed E-state index contributed by atoms with van der Waals surface area (Å²) in [5, 5.41) is 0.0197. The maximum Gasteiger partial charge on any atom is 0.460 e. The molecule has 0 heterocycles. The van der Waals surface area contributed by atoms with Crippen LogP contribution in [0.1, 0.15) is 18.1 Å². The molecule has 1 nitrogen and oxygen atoms in total. The molecule has 0 saturated heterocycles. The predicted octanol–water partition coefficient (Wildman–Crippen LogP) is 7.16. The van der Waals surface area contributed by atoms with Crippen LogP contribution in [0.15, 0.2) is 24.3 Å². The number of hydrogen-bond acceptors (Lipinski definition) is 1. The summed E-state index contributed by atoms with van der Waals surface area (Å²) in [6.07, 6.45) is -12.1. The van der Waals surface area contributed by atoms with E-state index in [0.717, 1.165) is 24.3 Å². The van der Waals surface area contributed by atoms with Gasteiger partial charge in [0, 0.05) is 18.6 Å². The SMILES string of the molecule is COC(CC(F)(F)C(F)(F)C(F)(F)C(F)(F)C(F)(F)C(F)(F)F)c1ccc(Cl)cc1.